The lowest BCUT2D eigenvalue weighted by Crippen LogP contribution is -2.57. The number of methoxy groups -OCH3 is 1. The Balaban J connectivity index is 1.63. The molecule has 1 aromatic carbocycles. The topological polar surface area (TPSA) is 157 Å². The van der Waals surface area contributed by atoms with Gasteiger partial charge in [0.05, 0.1) is 30.4 Å². The number of ketones is 2. The van der Waals surface area contributed by atoms with Crippen LogP contribution in [0.4, 0.5) is 0 Å². The van der Waals surface area contributed by atoms with Crippen LogP contribution in [0, 0.1) is 24.2 Å². The van der Waals surface area contributed by atoms with Crippen molar-refractivity contribution >= 4 is 46.6 Å². The highest BCUT2D eigenvalue weighted by atomic mass is 35.5. The second kappa shape index (κ2) is 15.4. The summed E-state index contributed by atoms with van der Waals surface area (Å²) in [5, 5.41) is 7.85. The normalized spacial score (nSPS) is 22.5. The number of hydrogen-bond acceptors (Lipinski definition) is 8. The van der Waals surface area contributed by atoms with Gasteiger partial charge in [-0.2, -0.15) is 0 Å². The van der Waals surface area contributed by atoms with Crippen LogP contribution >= 0.6 is 11.6 Å². The van der Waals surface area contributed by atoms with Crippen LogP contribution in [0.1, 0.15) is 109 Å². The van der Waals surface area contributed by atoms with Gasteiger partial charge >= 0.3 is 0 Å². The molecule has 1 saturated heterocycles. The van der Waals surface area contributed by atoms with E-state index in [9.17, 15) is 24.0 Å². The summed E-state index contributed by atoms with van der Waals surface area (Å²) >= 11 is 6.45. The molecular weight excluding hydrogens is 636 g/mol. The third-order valence-corrected chi connectivity index (χ3v) is 10.3. The van der Waals surface area contributed by atoms with E-state index < -0.39 is 46.6 Å². The molecule has 3 aliphatic rings. The van der Waals surface area contributed by atoms with Crippen molar-refractivity contribution in [3.8, 4) is 5.75 Å². The number of primary amides is 1. The predicted octanol–water partition coefficient (Wildman–Crippen LogP) is 5.05. The molecule has 3 N–H and O–H groups in total. The first-order valence-electron chi connectivity index (χ1n) is 17.1. The maximum Gasteiger partial charge on any atom is 0.285 e. The lowest BCUT2D eigenvalue weighted by Gasteiger charge is -2.36. The molecule has 4 rings (SSSR count). The molecular formula is C36H51ClN4O7. The van der Waals surface area contributed by atoms with Crippen LogP contribution in [0.5, 0.6) is 5.75 Å². The molecule has 1 aliphatic carbocycles. The summed E-state index contributed by atoms with van der Waals surface area (Å²) < 4.78 is 5.35. The second-order valence-corrected chi connectivity index (χ2v) is 15.3. The second-order valence-electron chi connectivity index (χ2n) is 14.9. The number of nitrogens with two attached hydrogens (primary N) is 1. The Bertz CT molecular complexity index is 1450. The molecule has 0 aromatic heterocycles. The van der Waals surface area contributed by atoms with E-state index in [0.717, 1.165) is 36.8 Å². The van der Waals surface area contributed by atoms with Gasteiger partial charge in [-0.15, -0.1) is 0 Å². The molecule has 2 heterocycles. The minimum atomic E-state index is -1.09. The molecule has 2 aliphatic heterocycles. The van der Waals surface area contributed by atoms with Crippen LogP contribution in [-0.4, -0.2) is 71.2 Å². The monoisotopic (exact) mass is 686 g/mol. The Morgan fingerprint density at radius 3 is 2.46 bits per heavy atom. The van der Waals surface area contributed by atoms with E-state index in [0.29, 0.717) is 42.2 Å². The van der Waals surface area contributed by atoms with E-state index in [2.05, 4.69) is 10.5 Å². The Morgan fingerprint density at radius 1 is 1.17 bits per heavy atom. The number of carbonyl (C=O) groups excluding carboxylic acids is 5. The number of ether oxygens (including phenoxy) is 1. The minimum Gasteiger partial charge on any atom is -0.495 e. The largest absolute Gasteiger partial charge is 0.495 e. The molecule has 11 nitrogen and oxygen atoms in total. The molecule has 0 unspecified atom stereocenters. The van der Waals surface area contributed by atoms with Gasteiger partial charge in [0.25, 0.3) is 5.91 Å². The molecule has 1 saturated carbocycles. The van der Waals surface area contributed by atoms with Crippen molar-refractivity contribution in [2.75, 3.05) is 13.7 Å². The van der Waals surface area contributed by atoms with E-state index in [-0.39, 0.29) is 37.0 Å². The first-order chi connectivity index (χ1) is 22.6. The summed E-state index contributed by atoms with van der Waals surface area (Å²) in [6.45, 7) is 9.45. The van der Waals surface area contributed by atoms with Gasteiger partial charge in [-0.3, -0.25) is 24.0 Å². The fourth-order valence-corrected chi connectivity index (χ4v) is 7.63. The van der Waals surface area contributed by atoms with Gasteiger partial charge in [-0.25, -0.2) is 0 Å². The number of amides is 3. The summed E-state index contributed by atoms with van der Waals surface area (Å²) in [4.78, 5) is 74.0. The molecule has 0 radical (unpaired) electrons. The number of likely N-dealkylation sites (tertiary alicyclic amines) is 1. The highest BCUT2D eigenvalue weighted by molar-refractivity contribution is 6.36. The van der Waals surface area contributed by atoms with Crippen LogP contribution in [0.2, 0.25) is 5.02 Å². The number of benzene rings is 1. The van der Waals surface area contributed by atoms with Gasteiger partial charge in [0.1, 0.15) is 11.8 Å². The predicted molar refractivity (Wildman–Crippen MR) is 183 cm³/mol. The molecule has 3 amide bonds. The number of hydrogen-bond donors (Lipinski definition) is 2. The quantitative estimate of drug-likeness (QED) is 0.275. The number of nitrogens with one attached hydrogen (secondary N) is 1. The number of aryl methyl sites for hydroxylation is 1. The molecule has 2 fully saturated rings. The van der Waals surface area contributed by atoms with Crippen LogP contribution in [-0.2, 0) is 28.8 Å². The third-order valence-electron chi connectivity index (χ3n) is 10.0. The zero-order valence-corrected chi connectivity index (χ0v) is 29.9. The molecule has 264 valence electrons. The fraction of sp³-hybridized carbons (Fsp3) is 0.667. The van der Waals surface area contributed by atoms with Crippen LogP contribution in [0.3, 0.4) is 0 Å². The fourth-order valence-electron chi connectivity index (χ4n) is 7.39. The van der Waals surface area contributed by atoms with Crippen molar-refractivity contribution in [1.82, 2.24) is 10.2 Å². The summed E-state index contributed by atoms with van der Waals surface area (Å²) in [7, 11) is 1.54. The van der Waals surface area contributed by atoms with Crippen molar-refractivity contribution < 1.29 is 33.5 Å². The van der Waals surface area contributed by atoms with E-state index in [1.807, 2.05) is 40.7 Å². The minimum absolute atomic E-state index is 0.0471. The van der Waals surface area contributed by atoms with Crippen molar-refractivity contribution in [2.45, 2.75) is 123 Å². The Kier molecular flexibility index (Phi) is 12.0. The lowest BCUT2D eigenvalue weighted by atomic mass is 9.84. The van der Waals surface area contributed by atoms with E-state index in [1.54, 1.807) is 6.07 Å². The van der Waals surface area contributed by atoms with Crippen LogP contribution in [0.15, 0.2) is 17.3 Å². The Hall–Kier alpha value is -3.47. The summed E-state index contributed by atoms with van der Waals surface area (Å²) in [5.74, 6) is -2.90. The number of carbonyl (C=O) groups is 5. The van der Waals surface area contributed by atoms with Crippen molar-refractivity contribution in [2.24, 2.45) is 28.1 Å². The molecule has 1 spiro atoms. The van der Waals surface area contributed by atoms with E-state index in [1.165, 1.54) is 18.4 Å². The number of oxime groups is 1. The first-order valence-corrected chi connectivity index (χ1v) is 17.5. The van der Waals surface area contributed by atoms with Crippen molar-refractivity contribution in [3.05, 3.63) is 28.3 Å². The Morgan fingerprint density at radius 2 is 1.85 bits per heavy atom. The number of nitrogens with zero attached hydrogens (tertiary/aromatic N) is 2. The molecule has 4 atom stereocenters. The van der Waals surface area contributed by atoms with Crippen molar-refractivity contribution in [3.63, 3.8) is 0 Å². The maximum absolute atomic E-state index is 14.5. The number of rotatable bonds is 13. The first kappa shape index (κ1) is 37.4. The highest BCUT2D eigenvalue weighted by Gasteiger charge is 2.55. The van der Waals surface area contributed by atoms with Crippen molar-refractivity contribution in [1.29, 1.82) is 0 Å². The zero-order chi connectivity index (χ0) is 35.4. The SMILES string of the molecule is CCC[C@H](CC(=O)[C@@H]1C[C@]2(CC(c3cc(Cl)c(OC)cc3C)=NO2)CN1C(=O)[C@@H](NC(=O)CC1CCCCC1)C(C)(C)C)C(=O)C(N)=O. The molecule has 1 aromatic rings. The number of Topliss-reactive ketones (excluding diaryl/α,β-unsaturated/α-hetero) is 2. The summed E-state index contributed by atoms with van der Waals surface area (Å²) in [5.41, 5.74) is 5.89. The smallest absolute Gasteiger partial charge is 0.285 e. The standard InChI is InChI=1S/C36H51ClN4O7/c1-7-11-23(31(44)33(38)45)16-28(42)27-19-36(18-26(40-48-36)24-17-25(37)29(47-6)14-21(24)2)20-41(27)34(46)32(35(3,4)5)39-30(43)15-22-12-9-8-10-13-22/h14,17,22-23,27,32H,7-13,15-16,18-20H2,1-6H3,(H2,38,45)(H,39,43)/t23-,27+,32-,36-/m1/s1. The van der Waals surface area contributed by atoms with E-state index >= 15 is 0 Å². The highest BCUT2D eigenvalue weighted by Crippen LogP contribution is 2.42. The van der Waals surface area contributed by atoms with E-state index in [4.69, 9.17) is 26.9 Å². The van der Waals surface area contributed by atoms with Crippen LogP contribution in [0.25, 0.3) is 0 Å². The average Bonchev–Trinajstić information content (AvgIpc) is 3.63. The molecule has 48 heavy (non-hydrogen) atoms. The van der Waals surface area contributed by atoms with Gasteiger partial charge in [0.15, 0.2) is 11.4 Å². The van der Waals surface area contributed by atoms with Gasteiger partial charge in [-0.05, 0) is 55.2 Å². The summed E-state index contributed by atoms with van der Waals surface area (Å²) in [6, 6.07) is 1.70. The maximum atomic E-state index is 14.5. The van der Waals surface area contributed by atoms with Gasteiger partial charge < -0.3 is 25.5 Å². The Labute approximate surface area is 288 Å². The average molecular weight is 687 g/mol. The third kappa shape index (κ3) is 8.57. The lowest BCUT2D eigenvalue weighted by molar-refractivity contribution is -0.145. The number of halogens is 1. The summed E-state index contributed by atoms with van der Waals surface area (Å²) in [6.07, 6.45) is 6.78. The van der Waals surface area contributed by atoms with Gasteiger partial charge in [0, 0.05) is 37.2 Å². The van der Waals surface area contributed by atoms with Gasteiger partial charge in [-0.1, -0.05) is 70.1 Å². The zero-order valence-electron chi connectivity index (χ0n) is 29.2. The van der Waals surface area contributed by atoms with Gasteiger partial charge in [0.2, 0.25) is 17.6 Å². The molecule has 12 heteroatoms. The molecule has 0 bridgehead atoms. The van der Waals surface area contributed by atoms with Crippen LogP contribution < -0.4 is 15.8 Å².